The van der Waals surface area contributed by atoms with Crippen molar-refractivity contribution in [3.05, 3.63) is 28.5 Å². The number of nitrogens with one attached hydrogen (secondary N) is 1. The van der Waals surface area contributed by atoms with E-state index in [9.17, 15) is 9.18 Å². The summed E-state index contributed by atoms with van der Waals surface area (Å²) in [7, 11) is 0. The molecular weight excluding hydrogens is 287 g/mol. The minimum atomic E-state index is -0.944. The number of carbonyl (C=O) groups excluding carboxylic acids is 1. The highest BCUT2D eigenvalue weighted by molar-refractivity contribution is 9.10. The molecule has 0 saturated heterocycles. The van der Waals surface area contributed by atoms with Crippen molar-refractivity contribution in [3.63, 3.8) is 0 Å². The van der Waals surface area contributed by atoms with Crippen LogP contribution in [0.5, 0.6) is 0 Å². The van der Waals surface area contributed by atoms with E-state index in [0.29, 0.717) is 16.6 Å². The summed E-state index contributed by atoms with van der Waals surface area (Å²) < 4.78 is 13.7. The molecule has 94 valence electrons. The molecule has 1 aromatic rings. The predicted octanol–water partition coefficient (Wildman–Crippen LogP) is 3.04. The minimum absolute atomic E-state index is 0.314. The first kappa shape index (κ1) is 14.1. The molecule has 1 unspecified atom stereocenters. The van der Waals surface area contributed by atoms with E-state index in [1.807, 2.05) is 6.92 Å². The van der Waals surface area contributed by atoms with Gasteiger partial charge in [0.15, 0.2) is 0 Å². The lowest BCUT2D eigenvalue weighted by Gasteiger charge is -2.23. The number of rotatable bonds is 4. The van der Waals surface area contributed by atoms with Gasteiger partial charge in [-0.3, -0.25) is 4.79 Å². The fourth-order valence-electron chi connectivity index (χ4n) is 1.49. The topological polar surface area (TPSA) is 55.1 Å². The molecular formula is C12H16BrFN2O. The average molecular weight is 303 g/mol. The molecule has 1 amide bonds. The highest BCUT2D eigenvalue weighted by atomic mass is 79.9. The number of nitrogens with two attached hydrogens (primary N) is 1. The Bertz CT molecular complexity index is 421. The van der Waals surface area contributed by atoms with Crippen molar-refractivity contribution >= 4 is 27.5 Å². The Balaban J connectivity index is 2.84. The van der Waals surface area contributed by atoms with E-state index < -0.39 is 11.4 Å². The third-order valence-corrected chi connectivity index (χ3v) is 3.16. The van der Waals surface area contributed by atoms with Gasteiger partial charge in [0.1, 0.15) is 5.82 Å². The summed E-state index contributed by atoms with van der Waals surface area (Å²) in [5.74, 6) is -0.719. The molecule has 0 aliphatic rings. The Morgan fingerprint density at radius 3 is 2.82 bits per heavy atom. The highest BCUT2D eigenvalue weighted by Gasteiger charge is 2.27. The summed E-state index contributed by atoms with van der Waals surface area (Å²) >= 11 is 3.24. The number of hydrogen-bond acceptors (Lipinski definition) is 2. The monoisotopic (exact) mass is 302 g/mol. The molecule has 0 saturated carbocycles. The molecule has 0 aliphatic carbocycles. The SMILES string of the molecule is CCCC(C)(N)C(=O)Nc1cc(F)ccc1Br. The number of halogens is 2. The fourth-order valence-corrected chi connectivity index (χ4v) is 1.84. The molecule has 0 spiro atoms. The quantitative estimate of drug-likeness (QED) is 0.898. The Kier molecular flexibility index (Phi) is 4.65. The molecule has 1 aromatic carbocycles. The maximum atomic E-state index is 13.0. The average Bonchev–Trinajstić information content (AvgIpc) is 2.23. The van der Waals surface area contributed by atoms with Gasteiger partial charge >= 0.3 is 0 Å². The number of carbonyl (C=O) groups is 1. The van der Waals surface area contributed by atoms with Crippen molar-refractivity contribution in [2.24, 2.45) is 5.73 Å². The van der Waals surface area contributed by atoms with Crippen LogP contribution in [0.4, 0.5) is 10.1 Å². The molecule has 5 heteroatoms. The third kappa shape index (κ3) is 3.78. The van der Waals surface area contributed by atoms with Crippen molar-refractivity contribution in [3.8, 4) is 0 Å². The molecule has 17 heavy (non-hydrogen) atoms. The summed E-state index contributed by atoms with van der Waals surface area (Å²) in [5.41, 5.74) is 5.33. The number of amides is 1. The Morgan fingerprint density at radius 2 is 2.24 bits per heavy atom. The van der Waals surface area contributed by atoms with Gasteiger partial charge in [-0.1, -0.05) is 13.3 Å². The second kappa shape index (κ2) is 5.60. The van der Waals surface area contributed by atoms with Gasteiger partial charge in [0.05, 0.1) is 11.2 Å². The lowest BCUT2D eigenvalue weighted by atomic mass is 9.96. The zero-order valence-corrected chi connectivity index (χ0v) is 11.5. The summed E-state index contributed by atoms with van der Waals surface area (Å²) in [4.78, 5) is 11.9. The van der Waals surface area contributed by atoms with Crippen molar-refractivity contribution < 1.29 is 9.18 Å². The van der Waals surface area contributed by atoms with Crippen molar-refractivity contribution in [2.45, 2.75) is 32.2 Å². The van der Waals surface area contributed by atoms with Crippen LogP contribution in [-0.4, -0.2) is 11.4 Å². The first-order valence-electron chi connectivity index (χ1n) is 5.42. The van der Waals surface area contributed by atoms with Crippen molar-refractivity contribution in [2.75, 3.05) is 5.32 Å². The number of anilines is 1. The Labute approximate surface area is 109 Å². The van der Waals surface area contributed by atoms with Gasteiger partial charge in [-0.15, -0.1) is 0 Å². The van der Waals surface area contributed by atoms with Gasteiger partial charge in [-0.25, -0.2) is 4.39 Å². The van der Waals surface area contributed by atoms with Crippen LogP contribution in [0, 0.1) is 5.82 Å². The summed E-state index contributed by atoms with van der Waals surface area (Å²) in [6.07, 6.45) is 1.39. The zero-order chi connectivity index (χ0) is 13.1. The van der Waals surface area contributed by atoms with E-state index in [1.165, 1.54) is 12.1 Å². The van der Waals surface area contributed by atoms with Crippen LogP contribution in [0.1, 0.15) is 26.7 Å². The fraction of sp³-hybridized carbons (Fsp3) is 0.417. The van der Waals surface area contributed by atoms with Gasteiger partial charge in [0, 0.05) is 4.47 Å². The van der Waals surface area contributed by atoms with Crippen molar-refractivity contribution in [1.29, 1.82) is 0 Å². The molecule has 0 aromatic heterocycles. The van der Waals surface area contributed by atoms with Crippen LogP contribution in [0.15, 0.2) is 22.7 Å². The molecule has 1 atom stereocenters. The van der Waals surface area contributed by atoms with Gasteiger partial charge < -0.3 is 11.1 Å². The molecule has 3 nitrogen and oxygen atoms in total. The molecule has 0 radical (unpaired) electrons. The van der Waals surface area contributed by atoms with Crippen LogP contribution in [0.2, 0.25) is 0 Å². The third-order valence-electron chi connectivity index (χ3n) is 2.46. The van der Waals surface area contributed by atoms with Gasteiger partial charge in [0.25, 0.3) is 0 Å². The molecule has 0 heterocycles. The number of hydrogen-bond donors (Lipinski definition) is 2. The highest BCUT2D eigenvalue weighted by Crippen LogP contribution is 2.24. The standard InChI is InChI=1S/C12H16BrFN2O/c1-3-6-12(2,15)11(17)16-10-7-8(14)4-5-9(10)13/h4-5,7H,3,6,15H2,1-2H3,(H,16,17). The maximum Gasteiger partial charge on any atom is 0.244 e. The Hall–Kier alpha value is -0.940. The lowest BCUT2D eigenvalue weighted by Crippen LogP contribution is -2.48. The predicted molar refractivity (Wildman–Crippen MR) is 70.2 cm³/mol. The second-order valence-electron chi connectivity index (χ2n) is 4.25. The molecule has 0 bridgehead atoms. The molecule has 1 rings (SSSR count). The Morgan fingerprint density at radius 1 is 1.59 bits per heavy atom. The van der Waals surface area contributed by atoms with E-state index in [2.05, 4.69) is 21.2 Å². The van der Waals surface area contributed by atoms with Crippen LogP contribution in [0.25, 0.3) is 0 Å². The largest absolute Gasteiger partial charge is 0.323 e. The van der Waals surface area contributed by atoms with Gasteiger partial charge in [-0.2, -0.15) is 0 Å². The molecule has 0 aliphatic heterocycles. The van der Waals surface area contributed by atoms with E-state index in [0.717, 1.165) is 6.42 Å². The summed E-state index contributed by atoms with van der Waals surface area (Å²) in [5, 5.41) is 2.63. The van der Waals surface area contributed by atoms with Gasteiger partial charge in [-0.05, 0) is 47.5 Å². The zero-order valence-electron chi connectivity index (χ0n) is 9.89. The summed E-state index contributed by atoms with van der Waals surface area (Å²) in [6.45, 7) is 3.62. The van der Waals surface area contributed by atoms with Crippen LogP contribution in [-0.2, 0) is 4.79 Å². The van der Waals surface area contributed by atoms with Crippen LogP contribution < -0.4 is 11.1 Å². The van der Waals surface area contributed by atoms with Crippen molar-refractivity contribution in [1.82, 2.24) is 0 Å². The van der Waals surface area contributed by atoms with E-state index in [1.54, 1.807) is 13.0 Å². The number of benzene rings is 1. The maximum absolute atomic E-state index is 13.0. The summed E-state index contributed by atoms with van der Waals surface area (Å²) in [6, 6.07) is 4.11. The normalized spacial score (nSPS) is 14.2. The van der Waals surface area contributed by atoms with Crippen LogP contribution >= 0.6 is 15.9 Å². The lowest BCUT2D eigenvalue weighted by molar-refractivity contribution is -0.120. The van der Waals surface area contributed by atoms with E-state index in [-0.39, 0.29) is 5.91 Å². The second-order valence-corrected chi connectivity index (χ2v) is 5.10. The first-order chi connectivity index (χ1) is 7.86. The smallest absolute Gasteiger partial charge is 0.244 e. The van der Waals surface area contributed by atoms with Gasteiger partial charge in [0.2, 0.25) is 5.91 Å². The van der Waals surface area contributed by atoms with E-state index >= 15 is 0 Å². The van der Waals surface area contributed by atoms with E-state index in [4.69, 9.17) is 5.73 Å². The minimum Gasteiger partial charge on any atom is -0.323 e. The van der Waals surface area contributed by atoms with Crippen LogP contribution in [0.3, 0.4) is 0 Å². The molecule has 3 N–H and O–H groups in total. The molecule has 0 fully saturated rings. The first-order valence-corrected chi connectivity index (χ1v) is 6.21.